The molecule has 3 heteroatoms. The number of hydrogen-bond donors (Lipinski definition) is 0. The number of carbonyl (C=O) groups is 1. The van der Waals surface area contributed by atoms with Crippen molar-refractivity contribution in [3.05, 3.63) is 66.7 Å². The van der Waals surface area contributed by atoms with Gasteiger partial charge in [0.15, 0.2) is 0 Å². The highest BCUT2D eigenvalue weighted by atomic mass is 32.2. The van der Waals surface area contributed by atoms with Crippen molar-refractivity contribution in [1.29, 1.82) is 0 Å². The maximum atomic E-state index is 11.3. The van der Waals surface area contributed by atoms with Crippen molar-refractivity contribution in [2.45, 2.75) is 11.8 Å². The number of benzene rings is 2. The third-order valence-corrected chi connectivity index (χ3v) is 3.22. The van der Waals surface area contributed by atoms with Crippen molar-refractivity contribution < 1.29 is 8.98 Å². The molecule has 0 aliphatic heterocycles. The van der Waals surface area contributed by atoms with Crippen molar-refractivity contribution in [1.82, 2.24) is 0 Å². The summed E-state index contributed by atoms with van der Waals surface area (Å²) in [5.74, 6) is -0.392. The summed E-state index contributed by atoms with van der Waals surface area (Å²) in [4.78, 5) is 12.1. The lowest BCUT2D eigenvalue weighted by Crippen LogP contribution is -1.98. The number of hydrogen-bond acceptors (Lipinski definition) is 3. The Labute approximate surface area is 117 Å². The fourth-order valence-electron chi connectivity index (χ4n) is 1.49. The molecule has 2 nitrogen and oxygen atoms in total. The molecular weight excluding hydrogens is 256 g/mol. The molecule has 2 rings (SSSR count). The van der Waals surface area contributed by atoms with Gasteiger partial charge in [-0.15, -0.1) is 0 Å². The van der Waals surface area contributed by atoms with Gasteiger partial charge in [-0.05, 0) is 30.2 Å². The fourth-order valence-corrected chi connectivity index (χ4v) is 2.05. The van der Waals surface area contributed by atoms with E-state index >= 15 is 0 Å². The van der Waals surface area contributed by atoms with Crippen molar-refractivity contribution in [2.75, 3.05) is 0 Å². The minimum Gasteiger partial charge on any atom is -0.383 e. The summed E-state index contributed by atoms with van der Waals surface area (Å²) in [5, 5.41) is 0. The van der Waals surface area contributed by atoms with Gasteiger partial charge < -0.3 is 4.18 Å². The predicted molar refractivity (Wildman–Crippen MR) is 78.6 cm³/mol. The van der Waals surface area contributed by atoms with Crippen LogP contribution >= 0.6 is 12.0 Å². The normalized spacial score (nSPS) is 9.95. The molecule has 0 aromatic heterocycles. The first-order chi connectivity index (χ1) is 9.16. The van der Waals surface area contributed by atoms with Gasteiger partial charge >= 0.3 is 5.97 Å². The minimum atomic E-state index is -0.392. The van der Waals surface area contributed by atoms with Crippen LogP contribution in [0.2, 0.25) is 0 Å². The van der Waals surface area contributed by atoms with Crippen LogP contribution in [0.3, 0.4) is 0 Å². The Morgan fingerprint density at radius 2 is 1.58 bits per heavy atom. The van der Waals surface area contributed by atoms with Crippen LogP contribution in [0, 0.1) is 0 Å². The second kappa shape index (κ2) is 6.25. The molecule has 0 fully saturated rings. The lowest BCUT2D eigenvalue weighted by atomic mass is 10.1. The predicted octanol–water partition coefficient (Wildman–Crippen LogP) is 4.48. The van der Waals surface area contributed by atoms with Gasteiger partial charge in [0, 0.05) is 10.5 Å². The zero-order valence-corrected chi connectivity index (χ0v) is 11.4. The van der Waals surface area contributed by atoms with Gasteiger partial charge in [0.2, 0.25) is 0 Å². The van der Waals surface area contributed by atoms with E-state index < -0.39 is 5.97 Å². The second-order valence-corrected chi connectivity index (χ2v) is 4.93. The summed E-state index contributed by atoms with van der Waals surface area (Å²) >= 11 is 1.05. The molecule has 0 atom stereocenters. The summed E-state index contributed by atoms with van der Waals surface area (Å²) in [6.07, 6.45) is 0. The van der Waals surface area contributed by atoms with Crippen LogP contribution < -0.4 is 0 Å². The van der Waals surface area contributed by atoms with Gasteiger partial charge in [-0.3, -0.25) is 0 Å². The van der Waals surface area contributed by atoms with Crippen LogP contribution in [0.25, 0.3) is 11.1 Å². The first-order valence-corrected chi connectivity index (χ1v) is 6.61. The van der Waals surface area contributed by atoms with Gasteiger partial charge in [0.25, 0.3) is 0 Å². The van der Waals surface area contributed by atoms with Crippen LogP contribution in [-0.4, -0.2) is 5.97 Å². The lowest BCUT2D eigenvalue weighted by molar-refractivity contribution is -0.128. The Hall–Kier alpha value is -2.00. The fraction of sp³-hybridized carbons (Fsp3) is 0.0625. The topological polar surface area (TPSA) is 26.3 Å². The smallest absolute Gasteiger partial charge is 0.345 e. The van der Waals surface area contributed by atoms with Crippen molar-refractivity contribution in [2.24, 2.45) is 0 Å². The van der Waals surface area contributed by atoms with Crippen molar-refractivity contribution in [3.63, 3.8) is 0 Å². The average Bonchev–Trinajstić information content (AvgIpc) is 2.46. The summed E-state index contributed by atoms with van der Waals surface area (Å²) in [5.41, 5.74) is 2.70. The van der Waals surface area contributed by atoms with Crippen molar-refractivity contribution >= 4 is 18.0 Å². The SMILES string of the molecule is C=C(C)C(=O)OSc1ccc(-c2ccccc2)cc1. The summed E-state index contributed by atoms with van der Waals surface area (Å²) in [6.45, 7) is 5.16. The molecule has 2 aromatic carbocycles. The zero-order valence-electron chi connectivity index (χ0n) is 10.6. The largest absolute Gasteiger partial charge is 0.383 e. The van der Waals surface area contributed by atoms with E-state index in [0.29, 0.717) is 5.57 Å². The van der Waals surface area contributed by atoms with E-state index in [2.05, 4.69) is 18.7 Å². The molecule has 0 amide bonds. The maximum absolute atomic E-state index is 11.3. The second-order valence-electron chi connectivity index (χ2n) is 4.12. The molecule has 0 aliphatic carbocycles. The van der Waals surface area contributed by atoms with E-state index in [1.165, 1.54) is 0 Å². The van der Waals surface area contributed by atoms with Crippen LogP contribution in [0.4, 0.5) is 0 Å². The minimum absolute atomic E-state index is 0.392. The Morgan fingerprint density at radius 3 is 2.16 bits per heavy atom. The quantitative estimate of drug-likeness (QED) is 0.605. The summed E-state index contributed by atoms with van der Waals surface area (Å²) < 4.78 is 5.01. The molecule has 0 saturated heterocycles. The highest BCUT2D eigenvalue weighted by Gasteiger charge is 2.05. The van der Waals surface area contributed by atoms with Crippen LogP contribution in [0.1, 0.15) is 6.92 Å². The molecule has 0 spiro atoms. The van der Waals surface area contributed by atoms with Gasteiger partial charge in [-0.25, -0.2) is 4.79 Å². The first-order valence-electron chi connectivity index (χ1n) is 5.86. The maximum Gasteiger partial charge on any atom is 0.345 e. The third-order valence-electron chi connectivity index (χ3n) is 2.52. The Kier molecular flexibility index (Phi) is 4.42. The molecule has 0 N–H and O–H groups in total. The van der Waals surface area contributed by atoms with E-state index in [1.807, 2.05) is 42.5 Å². The lowest BCUT2D eigenvalue weighted by Gasteiger charge is -2.04. The monoisotopic (exact) mass is 270 g/mol. The van der Waals surface area contributed by atoms with Gasteiger partial charge in [-0.2, -0.15) is 0 Å². The molecule has 0 radical (unpaired) electrons. The average molecular weight is 270 g/mol. The molecule has 0 heterocycles. The molecular formula is C16H14O2S. The van der Waals surface area contributed by atoms with Gasteiger partial charge in [-0.1, -0.05) is 49.0 Å². The highest BCUT2D eigenvalue weighted by molar-refractivity contribution is 7.95. The molecule has 2 aromatic rings. The summed E-state index contributed by atoms with van der Waals surface area (Å²) in [6, 6.07) is 18.0. The molecule has 0 saturated carbocycles. The van der Waals surface area contributed by atoms with Gasteiger partial charge in [0.05, 0.1) is 12.0 Å². The number of carbonyl (C=O) groups excluding carboxylic acids is 1. The van der Waals surface area contributed by atoms with E-state index in [4.69, 9.17) is 4.18 Å². The standard InChI is InChI=1S/C16H14O2S/c1-12(2)16(17)18-19-15-10-8-14(9-11-15)13-6-4-3-5-7-13/h3-11H,1H2,2H3. The Bertz CT molecular complexity index is 573. The Morgan fingerprint density at radius 1 is 1.00 bits per heavy atom. The van der Waals surface area contributed by atoms with Crippen LogP contribution in [0.5, 0.6) is 0 Å². The number of rotatable bonds is 4. The first kappa shape index (κ1) is 13.4. The zero-order chi connectivity index (χ0) is 13.7. The van der Waals surface area contributed by atoms with Crippen molar-refractivity contribution in [3.8, 4) is 11.1 Å². The van der Waals surface area contributed by atoms with Gasteiger partial charge in [0.1, 0.15) is 0 Å². The molecule has 0 aliphatic rings. The summed E-state index contributed by atoms with van der Waals surface area (Å²) in [7, 11) is 0. The van der Waals surface area contributed by atoms with Crippen LogP contribution in [0.15, 0.2) is 71.6 Å². The molecule has 19 heavy (non-hydrogen) atoms. The van der Waals surface area contributed by atoms with E-state index in [1.54, 1.807) is 6.92 Å². The Balaban J connectivity index is 2.03. The highest BCUT2D eigenvalue weighted by Crippen LogP contribution is 2.25. The molecule has 0 bridgehead atoms. The van der Waals surface area contributed by atoms with E-state index in [9.17, 15) is 4.79 Å². The van der Waals surface area contributed by atoms with E-state index in [0.717, 1.165) is 28.1 Å². The van der Waals surface area contributed by atoms with E-state index in [-0.39, 0.29) is 0 Å². The third kappa shape index (κ3) is 3.73. The molecule has 96 valence electrons. The molecule has 0 unspecified atom stereocenters. The van der Waals surface area contributed by atoms with Crippen LogP contribution in [-0.2, 0) is 8.98 Å².